The second-order valence-corrected chi connectivity index (χ2v) is 9.27. The van der Waals surface area contributed by atoms with E-state index in [0.717, 1.165) is 11.1 Å². The largest absolute Gasteiger partial charge is 0.483 e. The summed E-state index contributed by atoms with van der Waals surface area (Å²) in [5.41, 5.74) is 3.76. The fourth-order valence-electron chi connectivity index (χ4n) is 2.94. The highest BCUT2D eigenvalue weighted by atomic mass is 32.2. The fourth-order valence-corrected chi connectivity index (χ4v) is 4.14. The maximum absolute atomic E-state index is 12.4. The molecule has 0 aliphatic heterocycles. The summed E-state index contributed by atoms with van der Waals surface area (Å²) in [7, 11) is -3.40. The molecule has 1 amide bonds. The van der Waals surface area contributed by atoms with E-state index < -0.39 is 10.0 Å². The maximum Gasteiger partial charge on any atom is 0.262 e. The number of hydrogen-bond donors (Lipinski definition) is 2. The summed E-state index contributed by atoms with van der Waals surface area (Å²) in [4.78, 5) is 12.4. The van der Waals surface area contributed by atoms with E-state index in [2.05, 4.69) is 23.9 Å². The van der Waals surface area contributed by atoms with E-state index in [9.17, 15) is 13.2 Å². The van der Waals surface area contributed by atoms with Crippen molar-refractivity contribution in [3.63, 3.8) is 0 Å². The van der Waals surface area contributed by atoms with Gasteiger partial charge in [-0.2, -0.15) is 0 Å². The zero-order chi connectivity index (χ0) is 21.6. The quantitative estimate of drug-likeness (QED) is 0.623. The molecule has 2 aromatic carbocycles. The van der Waals surface area contributed by atoms with Crippen LogP contribution in [0.15, 0.2) is 36.4 Å². The van der Waals surface area contributed by atoms with Crippen LogP contribution in [0.2, 0.25) is 0 Å². The van der Waals surface area contributed by atoms with Gasteiger partial charge >= 0.3 is 0 Å². The highest BCUT2D eigenvalue weighted by Crippen LogP contribution is 2.28. The number of rotatable bonds is 9. The number of benzene rings is 2. The van der Waals surface area contributed by atoms with Gasteiger partial charge in [0.05, 0.1) is 11.4 Å². The lowest BCUT2D eigenvalue weighted by Crippen LogP contribution is -2.22. The molecule has 0 saturated carbocycles. The molecule has 0 aliphatic carbocycles. The average molecular weight is 419 g/mol. The van der Waals surface area contributed by atoms with Crippen molar-refractivity contribution < 1.29 is 17.9 Å². The SMILES string of the molecule is CCCS(=O)(=O)Nc1cccc(NC(=O)COc2cc(C)ccc2C(C)C)c1C. The molecule has 0 radical (unpaired) electrons. The van der Waals surface area contributed by atoms with Crippen LogP contribution in [-0.2, 0) is 14.8 Å². The molecule has 0 fully saturated rings. The van der Waals surface area contributed by atoms with Crippen molar-refractivity contribution in [1.29, 1.82) is 0 Å². The number of amides is 1. The summed E-state index contributed by atoms with van der Waals surface area (Å²) in [5, 5.41) is 2.80. The van der Waals surface area contributed by atoms with Gasteiger partial charge in [-0.15, -0.1) is 0 Å². The van der Waals surface area contributed by atoms with Gasteiger partial charge in [-0.05, 0) is 61.1 Å². The summed E-state index contributed by atoms with van der Waals surface area (Å²) < 4.78 is 32.4. The van der Waals surface area contributed by atoms with Crippen LogP contribution in [0, 0.1) is 13.8 Å². The normalized spacial score (nSPS) is 11.4. The molecule has 0 atom stereocenters. The van der Waals surface area contributed by atoms with Crippen LogP contribution in [0.25, 0.3) is 0 Å². The molecule has 2 aromatic rings. The molecule has 2 N–H and O–H groups in total. The Balaban J connectivity index is 2.09. The molecule has 7 heteroatoms. The maximum atomic E-state index is 12.4. The third-order valence-corrected chi connectivity index (χ3v) is 5.97. The van der Waals surface area contributed by atoms with Crippen molar-refractivity contribution in [2.45, 2.75) is 47.0 Å². The van der Waals surface area contributed by atoms with Crippen LogP contribution in [0.3, 0.4) is 0 Å². The zero-order valence-electron chi connectivity index (χ0n) is 17.7. The molecular formula is C22H30N2O4S. The molecule has 0 spiro atoms. The topological polar surface area (TPSA) is 84.5 Å². The lowest BCUT2D eigenvalue weighted by Gasteiger charge is -2.16. The Kier molecular flexibility index (Phi) is 7.67. The summed E-state index contributed by atoms with van der Waals surface area (Å²) >= 11 is 0. The number of anilines is 2. The lowest BCUT2D eigenvalue weighted by molar-refractivity contribution is -0.118. The second kappa shape index (κ2) is 9.78. The smallest absolute Gasteiger partial charge is 0.262 e. The lowest BCUT2D eigenvalue weighted by atomic mass is 10.0. The fraction of sp³-hybridized carbons (Fsp3) is 0.409. The van der Waals surface area contributed by atoms with Crippen molar-refractivity contribution >= 4 is 27.3 Å². The highest BCUT2D eigenvalue weighted by molar-refractivity contribution is 7.92. The van der Waals surface area contributed by atoms with Gasteiger partial charge in [0, 0.05) is 5.69 Å². The molecule has 158 valence electrons. The first-order chi connectivity index (χ1) is 13.6. The minimum atomic E-state index is -3.40. The number of carbonyl (C=O) groups is 1. The van der Waals surface area contributed by atoms with Gasteiger partial charge in [0.15, 0.2) is 6.61 Å². The third-order valence-electron chi connectivity index (χ3n) is 4.50. The van der Waals surface area contributed by atoms with E-state index in [1.165, 1.54) is 0 Å². The predicted molar refractivity (Wildman–Crippen MR) is 118 cm³/mol. The minimum Gasteiger partial charge on any atom is -0.483 e. The minimum absolute atomic E-state index is 0.0472. The van der Waals surface area contributed by atoms with Crippen molar-refractivity contribution in [3.05, 3.63) is 53.1 Å². The Labute approximate surface area is 173 Å². The molecule has 0 bridgehead atoms. The number of carbonyl (C=O) groups excluding carboxylic acids is 1. The number of aryl methyl sites for hydroxylation is 1. The Hall–Kier alpha value is -2.54. The van der Waals surface area contributed by atoms with Crippen LogP contribution >= 0.6 is 0 Å². The molecule has 6 nitrogen and oxygen atoms in total. The van der Waals surface area contributed by atoms with E-state index >= 15 is 0 Å². The first kappa shape index (κ1) is 22.7. The van der Waals surface area contributed by atoms with E-state index in [4.69, 9.17) is 4.74 Å². The number of nitrogens with one attached hydrogen (secondary N) is 2. The molecule has 0 aliphatic rings. The molecule has 0 heterocycles. The molecule has 0 saturated heterocycles. The number of ether oxygens (including phenoxy) is 1. The Bertz CT molecular complexity index is 969. The van der Waals surface area contributed by atoms with Crippen LogP contribution in [0.1, 0.15) is 49.8 Å². The van der Waals surface area contributed by atoms with E-state index in [1.54, 1.807) is 25.1 Å². The molecule has 0 aromatic heterocycles. The Morgan fingerprint density at radius 1 is 1.10 bits per heavy atom. The summed E-state index contributed by atoms with van der Waals surface area (Å²) in [6.07, 6.45) is 0.527. The van der Waals surface area contributed by atoms with Gasteiger partial charge in [-0.3, -0.25) is 9.52 Å². The first-order valence-corrected chi connectivity index (χ1v) is 11.4. The highest BCUT2D eigenvalue weighted by Gasteiger charge is 2.14. The predicted octanol–water partition coefficient (Wildman–Crippen LogP) is 4.60. The Morgan fingerprint density at radius 2 is 1.79 bits per heavy atom. The van der Waals surface area contributed by atoms with Gasteiger partial charge in [0.1, 0.15) is 5.75 Å². The standard InChI is InChI=1S/C22H30N2O4S/c1-6-12-29(26,27)24-20-9-7-8-19(17(20)5)23-22(25)14-28-21-13-16(4)10-11-18(21)15(2)3/h7-11,13,15,24H,6,12,14H2,1-5H3,(H,23,25). The van der Waals surface area contributed by atoms with Crippen LogP contribution in [-0.4, -0.2) is 26.7 Å². The van der Waals surface area contributed by atoms with Crippen LogP contribution < -0.4 is 14.8 Å². The van der Waals surface area contributed by atoms with Crippen molar-refractivity contribution in [2.75, 3.05) is 22.4 Å². The van der Waals surface area contributed by atoms with Crippen molar-refractivity contribution in [3.8, 4) is 5.75 Å². The van der Waals surface area contributed by atoms with Gasteiger partial charge in [0.25, 0.3) is 5.91 Å². The van der Waals surface area contributed by atoms with Crippen LogP contribution in [0.4, 0.5) is 11.4 Å². The molecule has 0 unspecified atom stereocenters. The van der Waals surface area contributed by atoms with E-state index in [0.29, 0.717) is 29.1 Å². The number of sulfonamides is 1. The van der Waals surface area contributed by atoms with Gasteiger partial charge in [-0.25, -0.2) is 8.42 Å². The van der Waals surface area contributed by atoms with Gasteiger partial charge in [-0.1, -0.05) is 39.0 Å². The average Bonchev–Trinajstić information content (AvgIpc) is 2.63. The molecular weight excluding hydrogens is 388 g/mol. The monoisotopic (exact) mass is 418 g/mol. The third kappa shape index (κ3) is 6.49. The zero-order valence-corrected chi connectivity index (χ0v) is 18.5. The summed E-state index contributed by atoms with van der Waals surface area (Å²) in [6.45, 7) is 9.57. The van der Waals surface area contributed by atoms with Crippen molar-refractivity contribution in [1.82, 2.24) is 0 Å². The summed E-state index contributed by atoms with van der Waals surface area (Å²) in [6, 6.07) is 11.1. The second-order valence-electron chi connectivity index (χ2n) is 7.43. The Morgan fingerprint density at radius 3 is 2.45 bits per heavy atom. The van der Waals surface area contributed by atoms with Gasteiger partial charge < -0.3 is 10.1 Å². The van der Waals surface area contributed by atoms with Crippen molar-refractivity contribution in [2.24, 2.45) is 0 Å². The molecule has 2 rings (SSSR count). The van der Waals surface area contributed by atoms with Crippen LogP contribution in [0.5, 0.6) is 5.75 Å². The summed E-state index contributed by atoms with van der Waals surface area (Å²) in [5.74, 6) is 0.723. The van der Waals surface area contributed by atoms with E-state index in [1.807, 2.05) is 32.0 Å². The number of hydrogen-bond acceptors (Lipinski definition) is 4. The van der Waals surface area contributed by atoms with Gasteiger partial charge in [0.2, 0.25) is 10.0 Å². The first-order valence-electron chi connectivity index (χ1n) is 9.76. The molecule has 29 heavy (non-hydrogen) atoms. The van der Waals surface area contributed by atoms with E-state index in [-0.39, 0.29) is 24.2 Å².